The van der Waals surface area contributed by atoms with Gasteiger partial charge in [0.1, 0.15) is 23.7 Å². The van der Waals surface area contributed by atoms with Crippen LogP contribution in [0.25, 0.3) is 11.0 Å². The van der Waals surface area contributed by atoms with Crippen molar-refractivity contribution < 1.29 is 19.0 Å². The molecule has 1 amide bonds. The van der Waals surface area contributed by atoms with Gasteiger partial charge in [-0.05, 0) is 36.4 Å². The first-order valence-electron chi connectivity index (χ1n) is 7.92. The second-order valence-corrected chi connectivity index (χ2v) is 5.46. The van der Waals surface area contributed by atoms with E-state index in [4.69, 9.17) is 9.84 Å². The van der Waals surface area contributed by atoms with Gasteiger partial charge in [-0.1, -0.05) is 6.07 Å². The number of fused-ring (bicyclic) bond motifs is 1. The zero-order valence-corrected chi connectivity index (χ0v) is 13.5. The van der Waals surface area contributed by atoms with Gasteiger partial charge in [0.15, 0.2) is 5.82 Å². The first-order chi connectivity index (χ1) is 12.2. The summed E-state index contributed by atoms with van der Waals surface area (Å²) in [6, 6.07) is 11.6. The highest BCUT2D eigenvalue weighted by atomic mass is 19.1. The van der Waals surface area contributed by atoms with Gasteiger partial charge in [-0.3, -0.25) is 4.79 Å². The molecule has 3 N–H and O–H groups in total. The Morgan fingerprint density at radius 1 is 1.24 bits per heavy atom. The fraction of sp³-hybridized carbons (Fsp3) is 0.222. The van der Waals surface area contributed by atoms with Gasteiger partial charge in [-0.2, -0.15) is 0 Å². The Hall–Kier alpha value is -2.93. The molecule has 2 aromatic carbocycles. The standard InChI is InChI=1S/C18H18FN3O3/c19-14-2-1-3-15-18(14)22-16(21-15)8-9-17(24)20-12-4-6-13(7-5-12)25-11-10-23/h1-7,23H,8-11H2,(H,20,24)(H,21,22). The molecular formula is C18H18FN3O3. The molecule has 130 valence electrons. The van der Waals surface area contributed by atoms with Crippen molar-refractivity contribution in [1.29, 1.82) is 0 Å². The monoisotopic (exact) mass is 343 g/mol. The van der Waals surface area contributed by atoms with Crippen molar-refractivity contribution in [2.24, 2.45) is 0 Å². The van der Waals surface area contributed by atoms with Gasteiger partial charge in [0.05, 0.1) is 12.1 Å². The molecule has 3 rings (SSSR count). The highest BCUT2D eigenvalue weighted by Gasteiger charge is 2.09. The minimum absolute atomic E-state index is 0.0514. The number of halogens is 1. The number of aliphatic hydroxyl groups is 1. The number of hydrogen-bond donors (Lipinski definition) is 3. The molecule has 0 atom stereocenters. The molecule has 25 heavy (non-hydrogen) atoms. The summed E-state index contributed by atoms with van der Waals surface area (Å²) in [4.78, 5) is 19.2. The number of aryl methyl sites for hydroxylation is 1. The van der Waals surface area contributed by atoms with Crippen LogP contribution in [0.3, 0.4) is 0 Å². The Morgan fingerprint density at radius 2 is 2.04 bits per heavy atom. The number of ether oxygens (including phenoxy) is 1. The quantitative estimate of drug-likeness (QED) is 0.615. The largest absolute Gasteiger partial charge is 0.491 e. The minimum atomic E-state index is -0.382. The number of nitrogens with one attached hydrogen (secondary N) is 2. The van der Waals surface area contributed by atoms with Gasteiger partial charge in [-0.15, -0.1) is 0 Å². The fourth-order valence-corrected chi connectivity index (χ4v) is 2.42. The lowest BCUT2D eigenvalue weighted by molar-refractivity contribution is -0.116. The van der Waals surface area contributed by atoms with Crippen molar-refractivity contribution in [3.63, 3.8) is 0 Å². The zero-order valence-electron chi connectivity index (χ0n) is 13.5. The van der Waals surface area contributed by atoms with Gasteiger partial charge in [-0.25, -0.2) is 9.37 Å². The van der Waals surface area contributed by atoms with Crippen molar-refractivity contribution in [2.45, 2.75) is 12.8 Å². The highest BCUT2D eigenvalue weighted by molar-refractivity contribution is 5.90. The Morgan fingerprint density at radius 3 is 2.76 bits per heavy atom. The van der Waals surface area contributed by atoms with Crippen molar-refractivity contribution >= 4 is 22.6 Å². The third-order valence-electron chi connectivity index (χ3n) is 3.60. The molecule has 7 heteroatoms. The number of aliphatic hydroxyl groups excluding tert-OH is 1. The minimum Gasteiger partial charge on any atom is -0.491 e. The number of H-pyrrole nitrogens is 1. The third-order valence-corrected chi connectivity index (χ3v) is 3.60. The van der Waals surface area contributed by atoms with Crippen LogP contribution < -0.4 is 10.1 Å². The van der Waals surface area contributed by atoms with Gasteiger partial charge >= 0.3 is 0 Å². The molecule has 0 unspecified atom stereocenters. The van der Waals surface area contributed by atoms with Crippen LogP contribution in [0.15, 0.2) is 42.5 Å². The van der Waals surface area contributed by atoms with Gasteiger partial charge in [0.2, 0.25) is 5.91 Å². The zero-order chi connectivity index (χ0) is 17.6. The Bertz CT molecular complexity index is 862. The molecular weight excluding hydrogens is 325 g/mol. The van der Waals surface area contributed by atoms with E-state index in [1.54, 1.807) is 36.4 Å². The second kappa shape index (κ2) is 7.76. The summed E-state index contributed by atoms with van der Waals surface area (Å²) in [6.07, 6.45) is 0.613. The summed E-state index contributed by atoms with van der Waals surface area (Å²) in [5.74, 6) is 0.650. The predicted octanol–water partition coefficient (Wildman–Crippen LogP) is 2.64. The normalized spacial score (nSPS) is 10.8. The third kappa shape index (κ3) is 4.33. The van der Waals surface area contributed by atoms with Gasteiger partial charge < -0.3 is 20.1 Å². The van der Waals surface area contributed by atoms with E-state index < -0.39 is 0 Å². The van der Waals surface area contributed by atoms with Crippen LogP contribution in [0.4, 0.5) is 10.1 Å². The lowest BCUT2D eigenvalue weighted by Gasteiger charge is -2.07. The summed E-state index contributed by atoms with van der Waals surface area (Å²) in [5.41, 5.74) is 1.56. The van der Waals surface area contributed by atoms with Crippen LogP contribution in [-0.2, 0) is 11.2 Å². The first-order valence-corrected chi connectivity index (χ1v) is 7.92. The highest BCUT2D eigenvalue weighted by Crippen LogP contribution is 2.17. The Labute approximate surface area is 143 Å². The number of hydrogen-bond acceptors (Lipinski definition) is 4. The number of benzene rings is 2. The SMILES string of the molecule is O=C(CCc1nc2c(F)cccc2[nH]1)Nc1ccc(OCCO)cc1. The molecule has 0 spiro atoms. The lowest BCUT2D eigenvalue weighted by atomic mass is 10.2. The van der Waals surface area contributed by atoms with E-state index >= 15 is 0 Å². The van der Waals surface area contributed by atoms with Gasteiger partial charge in [0, 0.05) is 18.5 Å². The van der Waals surface area contributed by atoms with E-state index in [9.17, 15) is 9.18 Å². The number of nitrogens with zero attached hydrogens (tertiary/aromatic N) is 1. The molecule has 6 nitrogen and oxygen atoms in total. The van der Waals surface area contributed by atoms with E-state index in [2.05, 4.69) is 15.3 Å². The summed E-state index contributed by atoms with van der Waals surface area (Å²) in [7, 11) is 0. The van der Waals surface area contributed by atoms with Crippen molar-refractivity contribution in [3.8, 4) is 5.75 Å². The van der Waals surface area contributed by atoms with Crippen LogP contribution in [0, 0.1) is 5.82 Å². The van der Waals surface area contributed by atoms with Gasteiger partial charge in [0.25, 0.3) is 0 Å². The van der Waals surface area contributed by atoms with E-state index in [0.717, 1.165) is 0 Å². The second-order valence-electron chi connectivity index (χ2n) is 5.46. The molecule has 0 aliphatic rings. The van der Waals surface area contributed by atoms with Crippen LogP contribution >= 0.6 is 0 Å². The van der Waals surface area contributed by atoms with Crippen LogP contribution in [0.2, 0.25) is 0 Å². The molecule has 0 fully saturated rings. The molecule has 0 aliphatic carbocycles. The van der Waals surface area contributed by atoms with E-state index in [1.165, 1.54) is 6.07 Å². The molecule has 1 heterocycles. The Kier molecular flexibility index (Phi) is 5.25. The number of anilines is 1. The Balaban J connectivity index is 1.54. The van der Waals surface area contributed by atoms with Crippen LogP contribution in [-0.4, -0.2) is 34.2 Å². The fourth-order valence-electron chi connectivity index (χ4n) is 2.42. The van der Waals surface area contributed by atoms with E-state index in [1.807, 2.05) is 0 Å². The average molecular weight is 343 g/mol. The maximum absolute atomic E-state index is 13.6. The van der Waals surface area contributed by atoms with Crippen LogP contribution in [0.5, 0.6) is 5.75 Å². The lowest BCUT2D eigenvalue weighted by Crippen LogP contribution is -2.12. The average Bonchev–Trinajstić information content (AvgIpc) is 3.04. The summed E-state index contributed by atoms with van der Waals surface area (Å²) < 4.78 is 18.9. The summed E-state index contributed by atoms with van der Waals surface area (Å²) in [6.45, 7) is 0.175. The van der Waals surface area contributed by atoms with Crippen LogP contribution in [0.1, 0.15) is 12.2 Å². The first kappa shape index (κ1) is 16.9. The van der Waals surface area contributed by atoms with Crippen molar-refractivity contribution in [2.75, 3.05) is 18.5 Å². The molecule has 0 saturated heterocycles. The number of aromatic nitrogens is 2. The smallest absolute Gasteiger partial charge is 0.224 e. The number of rotatable bonds is 7. The maximum Gasteiger partial charge on any atom is 0.224 e. The number of amides is 1. The molecule has 0 saturated carbocycles. The number of imidazole rings is 1. The van der Waals surface area contributed by atoms with E-state index in [-0.39, 0.29) is 36.9 Å². The van der Waals surface area contributed by atoms with E-state index in [0.29, 0.717) is 29.2 Å². The number of para-hydroxylation sites is 1. The molecule has 0 radical (unpaired) electrons. The molecule has 1 aromatic heterocycles. The number of carbonyl (C=O) groups excluding carboxylic acids is 1. The van der Waals surface area contributed by atoms with Crippen molar-refractivity contribution in [3.05, 3.63) is 54.1 Å². The summed E-state index contributed by atoms with van der Waals surface area (Å²) in [5, 5.41) is 11.5. The molecule has 0 bridgehead atoms. The molecule has 0 aliphatic heterocycles. The number of aromatic amines is 1. The predicted molar refractivity (Wildman–Crippen MR) is 92.0 cm³/mol. The molecule has 3 aromatic rings. The maximum atomic E-state index is 13.6. The topological polar surface area (TPSA) is 87.2 Å². The van der Waals surface area contributed by atoms with Crippen molar-refractivity contribution in [1.82, 2.24) is 9.97 Å². The number of carbonyl (C=O) groups is 1. The summed E-state index contributed by atoms with van der Waals surface area (Å²) >= 11 is 0.